The first kappa shape index (κ1) is 17.7. The number of hydrogen-bond acceptors (Lipinski definition) is 3. The number of aromatic carboxylic acids is 1. The second-order valence-corrected chi connectivity index (χ2v) is 6.20. The normalized spacial score (nSPS) is 13.9. The first-order valence-electron chi connectivity index (χ1n) is 8.60. The Kier molecular flexibility index (Phi) is 5.31. The molecule has 26 heavy (non-hydrogen) atoms. The number of likely N-dealkylation sites (tertiary alicyclic amines) is 1. The van der Waals surface area contributed by atoms with Gasteiger partial charge in [0.1, 0.15) is 0 Å². The third-order valence-electron chi connectivity index (χ3n) is 4.45. The Hall–Kier alpha value is -3.15. The molecule has 2 amide bonds. The SMILES string of the molecule is O=C(O)c1ccccc1C(=O)Nc1ccccc1C(=O)N1CCCCC1. The summed E-state index contributed by atoms with van der Waals surface area (Å²) < 4.78 is 0. The van der Waals surface area contributed by atoms with Crippen LogP contribution < -0.4 is 5.32 Å². The van der Waals surface area contributed by atoms with Gasteiger partial charge < -0.3 is 15.3 Å². The molecule has 0 aromatic heterocycles. The molecule has 2 aromatic rings. The molecule has 0 aliphatic carbocycles. The average Bonchev–Trinajstić information content (AvgIpc) is 2.68. The summed E-state index contributed by atoms with van der Waals surface area (Å²) in [5.74, 6) is -1.84. The van der Waals surface area contributed by atoms with E-state index in [0.29, 0.717) is 24.3 Å². The molecule has 6 nitrogen and oxygen atoms in total. The van der Waals surface area contributed by atoms with Crippen molar-refractivity contribution in [2.45, 2.75) is 19.3 Å². The van der Waals surface area contributed by atoms with Gasteiger partial charge in [0.25, 0.3) is 11.8 Å². The van der Waals surface area contributed by atoms with Crippen molar-refractivity contribution in [2.75, 3.05) is 18.4 Å². The van der Waals surface area contributed by atoms with Crippen LogP contribution in [0.2, 0.25) is 0 Å². The smallest absolute Gasteiger partial charge is 0.336 e. The van der Waals surface area contributed by atoms with Crippen LogP contribution in [0.1, 0.15) is 50.3 Å². The molecular formula is C20H20N2O4. The molecule has 134 valence electrons. The zero-order valence-corrected chi connectivity index (χ0v) is 14.3. The number of benzene rings is 2. The zero-order valence-electron chi connectivity index (χ0n) is 14.3. The van der Waals surface area contributed by atoms with E-state index in [0.717, 1.165) is 19.3 Å². The number of anilines is 1. The third kappa shape index (κ3) is 3.74. The fourth-order valence-electron chi connectivity index (χ4n) is 3.10. The first-order chi connectivity index (χ1) is 12.6. The lowest BCUT2D eigenvalue weighted by atomic mass is 10.1. The van der Waals surface area contributed by atoms with Crippen molar-refractivity contribution in [1.29, 1.82) is 0 Å². The Morgan fingerprint density at radius 1 is 0.808 bits per heavy atom. The monoisotopic (exact) mass is 352 g/mol. The lowest BCUT2D eigenvalue weighted by Crippen LogP contribution is -2.36. The van der Waals surface area contributed by atoms with E-state index in [9.17, 15) is 19.5 Å². The van der Waals surface area contributed by atoms with E-state index in [1.165, 1.54) is 12.1 Å². The van der Waals surface area contributed by atoms with Crippen molar-refractivity contribution in [3.8, 4) is 0 Å². The maximum atomic E-state index is 12.8. The van der Waals surface area contributed by atoms with Gasteiger partial charge in [-0.2, -0.15) is 0 Å². The summed E-state index contributed by atoms with van der Waals surface area (Å²) in [6.45, 7) is 1.42. The molecule has 2 N–H and O–H groups in total. The summed E-state index contributed by atoms with van der Waals surface area (Å²) in [6, 6.07) is 12.8. The van der Waals surface area contributed by atoms with E-state index in [1.807, 2.05) is 0 Å². The Bertz CT molecular complexity index is 841. The number of hydrogen-bond donors (Lipinski definition) is 2. The molecule has 1 aliphatic heterocycles. The van der Waals surface area contributed by atoms with Gasteiger partial charge in [-0.1, -0.05) is 24.3 Å². The molecule has 0 atom stereocenters. The van der Waals surface area contributed by atoms with Gasteiger partial charge in [0.05, 0.1) is 22.4 Å². The summed E-state index contributed by atoms with van der Waals surface area (Å²) in [7, 11) is 0. The molecule has 1 saturated heterocycles. The van der Waals surface area contributed by atoms with Crippen molar-refractivity contribution in [1.82, 2.24) is 4.90 Å². The zero-order chi connectivity index (χ0) is 18.5. The molecule has 1 aliphatic rings. The van der Waals surface area contributed by atoms with Gasteiger partial charge in [-0.05, 0) is 43.5 Å². The predicted molar refractivity (Wildman–Crippen MR) is 97.6 cm³/mol. The molecule has 2 aromatic carbocycles. The van der Waals surface area contributed by atoms with E-state index in [2.05, 4.69) is 5.32 Å². The number of carbonyl (C=O) groups is 3. The quantitative estimate of drug-likeness (QED) is 0.884. The van der Waals surface area contributed by atoms with Crippen molar-refractivity contribution >= 4 is 23.5 Å². The molecule has 3 rings (SSSR count). The van der Waals surface area contributed by atoms with E-state index < -0.39 is 11.9 Å². The molecule has 1 fully saturated rings. The highest BCUT2D eigenvalue weighted by atomic mass is 16.4. The van der Waals surface area contributed by atoms with Gasteiger partial charge in [0.15, 0.2) is 0 Å². The van der Waals surface area contributed by atoms with Crippen LogP contribution in [0.3, 0.4) is 0 Å². The van der Waals surface area contributed by atoms with Crippen LogP contribution in [0.25, 0.3) is 0 Å². The summed E-state index contributed by atoms with van der Waals surface area (Å²) in [4.78, 5) is 38.5. The Morgan fingerprint density at radius 3 is 2.04 bits per heavy atom. The number of piperidine rings is 1. The molecule has 6 heteroatoms. The van der Waals surface area contributed by atoms with Gasteiger partial charge in [0, 0.05) is 13.1 Å². The van der Waals surface area contributed by atoms with Crippen LogP contribution in [0, 0.1) is 0 Å². The van der Waals surface area contributed by atoms with E-state index in [-0.39, 0.29) is 17.0 Å². The summed E-state index contributed by atoms with van der Waals surface area (Å²) in [6.07, 6.45) is 3.08. The number of nitrogens with one attached hydrogen (secondary N) is 1. The standard InChI is InChI=1S/C20H20N2O4/c23-18(14-8-2-3-9-15(14)20(25)26)21-17-11-5-4-10-16(17)19(24)22-12-6-1-7-13-22/h2-5,8-11H,1,6-7,12-13H2,(H,21,23)(H,25,26). The van der Waals surface area contributed by atoms with Crippen LogP contribution in [-0.2, 0) is 0 Å². The van der Waals surface area contributed by atoms with Crippen molar-refractivity contribution in [2.24, 2.45) is 0 Å². The molecule has 1 heterocycles. The van der Waals surface area contributed by atoms with Gasteiger partial charge >= 0.3 is 5.97 Å². The average molecular weight is 352 g/mol. The second-order valence-electron chi connectivity index (χ2n) is 6.20. The van der Waals surface area contributed by atoms with Gasteiger partial charge in [0.2, 0.25) is 0 Å². The number of carboxylic acid groups (broad SMARTS) is 1. The number of carbonyl (C=O) groups excluding carboxylic acids is 2. The second kappa shape index (κ2) is 7.82. The van der Waals surface area contributed by atoms with Crippen LogP contribution in [0.15, 0.2) is 48.5 Å². The van der Waals surface area contributed by atoms with Crippen molar-refractivity contribution in [3.63, 3.8) is 0 Å². The largest absolute Gasteiger partial charge is 0.478 e. The Labute approximate surface area is 151 Å². The highest BCUT2D eigenvalue weighted by Gasteiger charge is 2.22. The third-order valence-corrected chi connectivity index (χ3v) is 4.45. The maximum absolute atomic E-state index is 12.8. The van der Waals surface area contributed by atoms with Crippen LogP contribution in [0.4, 0.5) is 5.69 Å². The van der Waals surface area contributed by atoms with E-state index in [4.69, 9.17) is 0 Å². The van der Waals surface area contributed by atoms with Gasteiger partial charge in [-0.15, -0.1) is 0 Å². The van der Waals surface area contributed by atoms with Crippen molar-refractivity contribution in [3.05, 3.63) is 65.2 Å². The lowest BCUT2D eigenvalue weighted by molar-refractivity contribution is 0.0690. The minimum Gasteiger partial charge on any atom is -0.478 e. The topological polar surface area (TPSA) is 86.7 Å². The van der Waals surface area contributed by atoms with E-state index in [1.54, 1.807) is 41.3 Å². The molecule has 0 bridgehead atoms. The Balaban J connectivity index is 1.86. The minimum absolute atomic E-state index is 0.0558. The Morgan fingerprint density at radius 2 is 1.38 bits per heavy atom. The molecule has 0 unspecified atom stereocenters. The molecule has 0 saturated carbocycles. The molecule has 0 radical (unpaired) electrons. The summed E-state index contributed by atoms with van der Waals surface area (Å²) in [5.41, 5.74) is 0.772. The predicted octanol–water partition coefficient (Wildman–Crippen LogP) is 3.26. The van der Waals surface area contributed by atoms with Crippen molar-refractivity contribution < 1.29 is 19.5 Å². The fourth-order valence-corrected chi connectivity index (χ4v) is 3.10. The van der Waals surface area contributed by atoms with Gasteiger partial charge in [-0.25, -0.2) is 4.79 Å². The van der Waals surface area contributed by atoms with Crippen LogP contribution in [0.5, 0.6) is 0 Å². The summed E-state index contributed by atoms with van der Waals surface area (Å²) >= 11 is 0. The maximum Gasteiger partial charge on any atom is 0.336 e. The summed E-state index contributed by atoms with van der Waals surface area (Å²) in [5, 5.41) is 11.9. The fraction of sp³-hybridized carbons (Fsp3) is 0.250. The highest BCUT2D eigenvalue weighted by Crippen LogP contribution is 2.21. The number of nitrogens with zero attached hydrogens (tertiary/aromatic N) is 1. The number of carboxylic acids is 1. The lowest BCUT2D eigenvalue weighted by Gasteiger charge is -2.27. The number of para-hydroxylation sites is 1. The number of amides is 2. The number of rotatable bonds is 4. The minimum atomic E-state index is -1.17. The first-order valence-corrected chi connectivity index (χ1v) is 8.60. The van der Waals surface area contributed by atoms with Crippen LogP contribution >= 0.6 is 0 Å². The van der Waals surface area contributed by atoms with E-state index >= 15 is 0 Å². The molecule has 0 spiro atoms. The molecular weight excluding hydrogens is 332 g/mol. The van der Waals surface area contributed by atoms with Crippen LogP contribution in [-0.4, -0.2) is 40.9 Å². The van der Waals surface area contributed by atoms with Gasteiger partial charge in [-0.3, -0.25) is 9.59 Å². The highest BCUT2D eigenvalue weighted by molar-refractivity contribution is 6.13.